The number of halogens is 2. The summed E-state index contributed by atoms with van der Waals surface area (Å²) in [5, 5.41) is 15.4. The van der Waals surface area contributed by atoms with E-state index in [9.17, 15) is 10.1 Å². The highest BCUT2D eigenvalue weighted by Crippen LogP contribution is 2.43. The second kappa shape index (κ2) is 11.2. The molecule has 1 amide bonds. The number of methoxy groups -OCH3 is 1. The molecule has 2 aromatic heterocycles. The van der Waals surface area contributed by atoms with Gasteiger partial charge in [0.05, 0.1) is 24.1 Å². The molecule has 41 heavy (non-hydrogen) atoms. The van der Waals surface area contributed by atoms with Crippen LogP contribution in [0.15, 0.2) is 48.8 Å². The first-order valence-corrected chi connectivity index (χ1v) is 14.2. The number of amides is 1. The lowest BCUT2D eigenvalue weighted by atomic mass is 9.86. The molecule has 2 aliphatic rings. The Labute approximate surface area is 248 Å². The first kappa shape index (κ1) is 27.3. The molecule has 0 spiro atoms. The van der Waals surface area contributed by atoms with Gasteiger partial charge in [-0.15, -0.1) is 0 Å². The van der Waals surface area contributed by atoms with Crippen molar-refractivity contribution in [3.63, 3.8) is 0 Å². The van der Waals surface area contributed by atoms with Crippen molar-refractivity contribution >= 4 is 29.1 Å². The Hall–Kier alpha value is -3.90. The van der Waals surface area contributed by atoms with Gasteiger partial charge < -0.3 is 14.5 Å². The maximum Gasteiger partial charge on any atom is 0.274 e. The third-order valence-corrected chi connectivity index (χ3v) is 8.22. The van der Waals surface area contributed by atoms with E-state index in [1.165, 1.54) is 6.20 Å². The quantitative estimate of drug-likeness (QED) is 0.306. The average Bonchev–Trinajstić information content (AvgIpc) is 3.24. The van der Waals surface area contributed by atoms with Gasteiger partial charge in [0.1, 0.15) is 11.8 Å². The number of carbonyl (C=O) groups excluding carboxylic acids is 1. The zero-order valence-corrected chi connectivity index (χ0v) is 24.3. The van der Waals surface area contributed by atoms with Gasteiger partial charge in [-0.1, -0.05) is 23.2 Å². The van der Waals surface area contributed by atoms with Crippen LogP contribution in [0.2, 0.25) is 10.0 Å². The third-order valence-electron chi connectivity index (χ3n) is 7.79. The minimum absolute atomic E-state index is 0.0634. The van der Waals surface area contributed by atoms with Crippen LogP contribution in [0.5, 0.6) is 5.75 Å². The maximum atomic E-state index is 14.0. The van der Waals surface area contributed by atoms with Crippen molar-refractivity contribution in [2.75, 3.05) is 40.3 Å². The predicted molar refractivity (Wildman–Crippen MR) is 159 cm³/mol. The molecule has 0 atom stereocenters. The molecule has 4 aromatic rings. The number of ether oxygens (including phenoxy) is 1. The number of carbonyl (C=O) groups is 1. The van der Waals surface area contributed by atoms with Crippen LogP contribution in [0.1, 0.15) is 33.6 Å². The molecular formula is C31H28Cl2N6O2. The SMILES string of the molecule is COc1cc2c(cc1-c1cncc(C#N)c1)-c1c(c(C(=O)N3CCCN(C)CC3)nn1-c1cc(Cl)cc(Cl)c1)CC2. The molecule has 0 radical (unpaired) electrons. The Morgan fingerprint density at radius 3 is 2.54 bits per heavy atom. The van der Waals surface area contributed by atoms with Crippen molar-refractivity contribution in [1.82, 2.24) is 24.6 Å². The van der Waals surface area contributed by atoms with Crippen molar-refractivity contribution in [2.24, 2.45) is 0 Å². The first-order valence-electron chi connectivity index (χ1n) is 13.5. The van der Waals surface area contributed by atoms with E-state index in [1.807, 2.05) is 17.0 Å². The van der Waals surface area contributed by atoms with Crippen molar-refractivity contribution in [3.05, 3.63) is 81.2 Å². The minimum atomic E-state index is -0.0634. The van der Waals surface area contributed by atoms with Gasteiger partial charge in [-0.05, 0) is 74.8 Å². The van der Waals surface area contributed by atoms with Crippen LogP contribution in [-0.2, 0) is 12.8 Å². The number of likely N-dealkylation sites (N-methyl/N-ethyl adjacent to an activating group) is 1. The van der Waals surface area contributed by atoms with Gasteiger partial charge in [0, 0.05) is 64.3 Å². The van der Waals surface area contributed by atoms with Crippen LogP contribution in [0.25, 0.3) is 28.1 Å². The molecule has 1 aliphatic heterocycles. The van der Waals surface area contributed by atoms with Crippen molar-refractivity contribution in [2.45, 2.75) is 19.3 Å². The maximum absolute atomic E-state index is 14.0. The third kappa shape index (κ3) is 5.17. The molecule has 2 aromatic carbocycles. The molecule has 6 rings (SSSR count). The zero-order valence-electron chi connectivity index (χ0n) is 22.8. The van der Waals surface area contributed by atoms with Crippen LogP contribution >= 0.6 is 23.2 Å². The van der Waals surface area contributed by atoms with Crippen LogP contribution in [0.4, 0.5) is 0 Å². The van der Waals surface area contributed by atoms with Crippen LogP contribution in [-0.4, -0.2) is 70.8 Å². The molecule has 1 saturated heterocycles. The summed E-state index contributed by atoms with van der Waals surface area (Å²) in [5.41, 5.74) is 6.88. The summed E-state index contributed by atoms with van der Waals surface area (Å²) in [6, 6.07) is 13.3. The molecule has 208 valence electrons. The fraction of sp³-hybridized carbons (Fsp3) is 0.290. The van der Waals surface area contributed by atoms with Crippen LogP contribution < -0.4 is 4.74 Å². The Morgan fingerprint density at radius 1 is 0.976 bits per heavy atom. The Morgan fingerprint density at radius 2 is 1.78 bits per heavy atom. The molecule has 0 unspecified atom stereocenters. The topological polar surface area (TPSA) is 87.3 Å². The fourth-order valence-corrected chi connectivity index (χ4v) is 6.25. The molecule has 8 nitrogen and oxygen atoms in total. The van der Waals surface area contributed by atoms with Crippen LogP contribution in [0, 0.1) is 11.3 Å². The van der Waals surface area contributed by atoms with Crippen molar-refractivity contribution in [1.29, 1.82) is 5.26 Å². The van der Waals surface area contributed by atoms with E-state index in [0.29, 0.717) is 52.2 Å². The number of hydrogen-bond donors (Lipinski definition) is 0. The summed E-state index contributed by atoms with van der Waals surface area (Å²) in [7, 11) is 3.72. The summed E-state index contributed by atoms with van der Waals surface area (Å²) in [6.45, 7) is 3.12. The zero-order chi connectivity index (χ0) is 28.7. The monoisotopic (exact) mass is 586 g/mol. The molecule has 10 heteroatoms. The normalized spacial score (nSPS) is 15.0. The Bertz CT molecular complexity index is 1690. The van der Waals surface area contributed by atoms with Crippen molar-refractivity contribution < 1.29 is 9.53 Å². The second-order valence-corrected chi connectivity index (χ2v) is 11.3. The summed E-state index contributed by atoms with van der Waals surface area (Å²) < 4.78 is 7.58. The minimum Gasteiger partial charge on any atom is -0.496 e. The molecule has 0 bridgehead atoms. The van der Waals surface area contributed by atoms with E-state index in [-0.39, 0.29) is 5.91 Å². The number of nitrogens with zero attached hydrogens (tertiary/aromatic N) is 6. The Balaban J connectivity index is 1.56. The summed E-state index contributed by atoms with van der Waals surface area (Å²) in [5.74, 6) is 0.623. The molecular weight excluding hydrogens is 559 g/mol. The largest absolute Gasteiger partial charge is 0.496 e. The van der Waals surface area contributed by atoms with E-state index < -0.39 is 0 Å². The van der Waals surface area contributed by atoms with Crippen molar-refractivity contribution in [3.8, 4) is 39.9 Å². The number of hydrogen-bond acceptors (Lipinski definition) is 6. The summed E-state index contributed by atoms with van der Waals surface area (Å²) in [4.78, 5) is 22.4. The fourth-order valence-electron chi connectivity index (χ4n) is 5.74. The number of aryl methyl sites for hydroxylation is 1. The van der Waals surface area contributed by atoms with Gasteiger partial charge in [0.2, 0.25) is 0 Å². The molecule has 1 aliphatic carbocycles. The van der Waals surface area contributed by atoms with Gasteiger partial charge in [-0.3, -0.25) is 9.78 Å². The Kier molecular flexibility index (Phi) is 7.43. The lowest BCUT2D eigenvalue weighted by Crippen LogP contribution is -2.35. The highest BCUT2D eigenvalue weighted by Gasteiger charge is 2.32. The summed E-state index contributed by atoms with van der Waals surface area (Å²) in [6.07, 6.45) is 5.54. The van der Waals surface area contributed by atoms with Crippen LogP contribution in [0.3, 0.4) is 0 Å². The van der Waals surface area contributed by atoms with Gasteiger partial charge >= 0.3 is 0 Å². The first-order chi connectivity index (χ1) is 19.9. The lowest BCUT2D eigenvalue weighted by Gasteiger charge is -2.23. The highest BCUT2D eigenvalue weighted by molar-refractivity contribution is 6.34. The molecule has 1 fully saturated rings. The highest BCUT2D eigenvalue weighted by atomic mass is 35.5. The van der Waals surface area contributed by atoms with Gasteiger partial charge in [-0.25, -0.2) is 4.68 Å². The number of aromatic nitrogens is 3. The standard InChI is InChI=1S/C31H28Cl2N6O2/c1-37-6-3-7-38(9-8-37)31(40)29-25-5-4-20-11-28(41-2)26(21-10-19(16-34)17-35-18-21)15-27(20)30(25)39(36-29)24-13-22(32)12-23(33)14-24/h10-15,17-18H,3-9H2,1-2H3. The van der Waals surface area contributed by atoms with E-state index >= 15 is 0 Å². The lowest BCUT2D eigenvalue weighted by molar-refractivity contribution is 0.0755. The number of benzene rings is 2. The van der Waals surface area contributed by atoms with E-state index in [4.69, 9.17) is 33.0 Å². The second-order valence-electron chi connectivity index (χ2n) is 10.4. The molecule has 0 saturated carbocycles. The predicted octanol–water partition coefficient (Wildman–Crippen LogP) is 5.66. The number of rotatable bonds is 4. The molecule has 0 N–H and O–H groups in total. The average molecular weight is 588 g/mol. The van der Waals surface area contributed by atoms with E-state index in [0.717, 1.165) is 59.4 Å². The smallest absolute Gasteiger partial charge is 0.274 e. The number of fused-ring (bicyclic) bond motifs is 3. The van der Waals surface area contributed by atoms with Gasteiger partial charge in [0.25, 0.3) is 5.91 Å². The molecule has 3 heterocycles. The van der Waals surface area contributed by atoms with Gasteiger partial charge in [-0.2, -0.15) is 10.4 Å². The van der Waals surface area contributed by atoms with E-state index in [1.54, 1.807) is 42.3 Å². The van der Waals surface area contributed by atoms with Gasteiger partial charge in [0.15, 0.2) is 5.69 Å². The number of pyridine rings is 1. The van der Waals surface area contributed by atoms with E-state index in [2.05, 4.69) is 23.0 Å². The summed E-state index contributed by atoms with van der Waals surface area (Å²) >= 11 is 12.8. The number of nitriles is 1.